The lowest BCUT2D eigenvalue weighted by atomic mass is 10.1. The summed E-state index contributed by atoms with van der Waals surface area (Å²) in [5.41, 5.74) is 6.15. The van der Waals surface area contributed by atoms with Crippen LogP contribution in [0.5, 0.6) is 0 Å². The molecule has 0 atom stereocenters. The minimum absolute atomic E-state index is 0.0691. The summed E-state index contributed by atoms with van der Waals surface area (Å²) in [6, 6.07) is 4.74. The molecule has 0 saturated heterocycles. The number of anilines is 1. The molecule has 94 valence electrons. The van der Waals surface area contributed by atoms with Crippen LogP contribution in [0, 0.1) is 10.1 Å². The zero-order valence-electron chi connectivity index (χ0n) is 10.4. The van der Waals surface area contributed by atoms with E-state index in [1.165, 1.54) is 12.1 Å². The predicted octanol–water partition coefficient (Wildman–Crippen LogP) is 2.88. The molecule has 0 saturated carbocycles. The third kappa shape index (κ3) is 3.71. The molecule has 1 aromatic carbocycles. The molecule has 0 aliphatic rings. The fourth-order valence-electron chi connectivity index (χ4n) is 1.22. The number of nitrogens with two attached hydrogens (primary N) is 1. The number of hydrogen-bond donors (Lipinski definition) is 1. The first-order chi connectivity index (χ1) is 7.85. The highest BCUT2D eigenvalue weighted by Gasteiger charge is 2.17. The number of hydrogen-bond acceptors (Lipinski definition) is 4. The molecular formula is C12H18N2O3. The zero-order chi connectivity index (χ0) is 13.1. The predicted molar refractivity (Wildman–Crippen MR) is 66.7 cm³/mol. The standard InChI is InChI=1S/C12H18N2O3/c1-4-12(2,3)17-8-9-5-6-10(13)11(7-9)14(15)16/h5-7H,4,8,13H2,1-3H3. The monoisotopic (exact) mass is 238 g/mol. The Morgan fingerprint density at radius 2 is 2.12 bits per heavy atom. The second-order valence-corrected chi connectivity index (χ2v) is 4.55. The minimum Gasteiger partial charge on any atom is -0.393 e. The summed E-state index contributed by atoms with van der Waals surface area (Å²) in [4.78, 5) is 10.2. The molecule has 1 rings (SSSR count). The third-order valence-electron chi connectivity index (χ3n) is 2.77. The van der Waals surface area contributed by atoms with Gasteiger partial charge in [-0.3, -0.25) is 10.1 Å². The van der Waals surface area contributed by atoms with Crippen molar-refractivity contribution in [2.24, 2.45) is 0 Å². The second kappa shape index (κ2) is 5.14. The van der Waals surface area contributed by atoms with Gasteiger partial charge in [0.1, 0.15) is 5.69 Å². The van der Waals surface area contributed by atoms with E-state index in [1.54, 1.807) is 6.07 Å². The van der Waals surface area contributed by atoms with Crippen molar-refractivity contribution in [1.29, 1.82) is 0 Å². The summed E-state index contributed by atoms with van der Waals surface area (Å²) in [5.74, 6) is 0. The van der Waals surface area contributed by atoms with Gasteiger partial charge in [0.05, 0.1) is 17.1 Å². The molecule has 0 bridgehead atoms. The topological polar surface area (TPSA) is 78.4 Å². The molecule has 0 aromatic heterocycles. The van der Waals surface area contributed by atoms with Crippen molar-refractivity contribution in [1.82, 2.24) is 0 Å². The quantitative estimate of drug-likeness (QED) is 0.486. The molecule has 0 fully saturated rings. The lowest BCUT2D eigenvalue weighted by Gasteiger charge is -2.23. The van der Waals surface area contributed by atoms with Gasteiger partial charge < -0.3 is 10.5 Å². The highest BCUT2D eigenvalue weighted by Crippen LogP contribution is 2.24. The Labute approximate surface area is 101 Å². The van der Waals surface area contributed by atoms with Crippen LogP contribution in [0.4, 0.5) is 11.4 Å². The molecule has 1 aromatic rings. The molecule has 5 nitrogen and oxygen atoms in total. The van der Waals surface area contributed by atoms with Crippen LogP contribution in [0.1, 0.15) is 32.8 Å². The first-order valence-electron chi connectivity index (χ1n) is 5.52. The Balaban J connectivity index is 2.80. The molecule has 0 spiro atoms. The maximum atomic E-state index is 10.7. The van der Waals surface area contributed by atoms with Gasteiger partial charge in [0.2, 0.25) is 0 Å². The van der Waals surface area contributed by atoms with Crippen LogP contribution in [0.25, 0.3) is 0 Å². The van der Waals surface area contributed by atoms with E-state index in [-0.39, 0.29) is 17.0 Å². The van der Waals surface area contributed by atoms with Gasteiger partial charge in [-0.1, -0.05) is 13.0 Å². The summed E-state index contributed by atoms with van der Waals surface area (Å²) in [6.07, 6.45) is 0.879. The van der Waals surface area contributed by atoms with Crippen LogP contribution < -0.4 is 5.73 Å². The zero-order valence-corrected chi connectivity index (χ0v) is 10.4. The Hall–Kier alpha value is -1.62. The van der Waals surface area contributed by atoms with Crippen molar-refractivity contribution in [3.63, 3.8) is 0 Å². The van der Waals surface area contributed by atoms with Crippen LogP contribution in [0.15, 0.2) is 18.2 Å². The number of nitrogen functional groups attached to an aromatic ring is 1. The maximum absolute atomic E-state index is 10.7. The van der Waals surface area contributed by atoms with Gasteiger partial charge in [-0.25, -0.2) is 0 Å². The average Bonchev–Trinajstić information content (AvgIpc) is 2.27. The molecule has 2 N–H and O–H groups in total. The third-order valence-corrected chi connectivity index (χ3v) is 2.77. The smallest absolute Gasteiger partial charge is 0.292 e. The molecule has 17 heavy (non-hydrogen) atoms. The van der Waals surface area contributed by atoms with E-state index in [2.05, 4.69) is 0 Å². The number of ether oxygens (including phenoxy) is 1. The number of rotatable bonds is 5. The highest BCUT2D eigenvalue weighted by molar-refractivity contribution is 5.59. The number of nitrogens with zero attached hydrogens (tertiary/aromatic N) is 1. The SMILES string of the molecule is CCC(C)(C)OCc1ccc(N)c([N+](=O)[O-])c1. The van der Waals surface area contributed by atoms with Crippen LogP contribution in [-0.4, -0.2) is 10.5 Å². The molecule has 0 aliphatic carbocycles. The van der Waals surface area contributed by atoms with Crippen LogP contribution in [-0.2, 0) is 11.3 Å². The Kier molecular flexibility index (Phi) is 4.07. The van der Waals surface area contributed by atoms with Crippen LogP contribution in [0.2, 0.25) is 0 Å². The summed E-state index contributed by atoms with van der Waals surface area (Å²) in [7, 11) is 0. The van der Waals surface area contributed by atoms with Gasteiger partial charge in [0.15, 0.2) is 0 Å². The number of nitro benzene ring substituents is 1. The molecule has 0 aliphatic heterocycles. The van der Waals surface area contributed by atoms with E-state index in [0.29, 0.717) is 6.61 Å². The van der Waals surface area contributed by atoms with E-state index in [0.717, 1.165) is 12.0 Å². The normalized spacial score (nSPS) is 11.5. The summed E-state index contributed by atoms with van der Waals surface area (Å²) in [5, 5.41) is 10.7. The first-order valence-corrected chi connectivity index (χ1v) is 5.52. The Morgan fingerprint density at radius 3 is 2.65 bits per heavy atom. The maximum Gasteiger partial charge on any atom is 0.292 e. The number of benzene rings is 1. The van der Waals surface area contributed by atoms with E-state index < -0.39 is 4.92 Å². The summed E-state index contributed by atoms with van der Waals surface area (Å²) < 4.78 is 5.68. The molecule has 0 radical (unpaired) electrons. The average molecular weight is 238 g/mol. The van der Waals surface area contributed by atoms with Crippen molar-refractivity contribution >= 4 is 11.4 Å². The summed E-state index contributed by atoms with van der Waals surface area (Å²) >= 11 is 0. The highest BCUT2D eigenvalue weighted by atomic mass is 16.6. The fraction of sp³-hybridized carbons (Fsp3) is 0.500. The van der Waals surface area contributed by atoms with Crippen molar-refractivity contribution in [3.8, 4) is 0 Å². The molecule has 0 amide bonds. The van der Waals surface area contributed by atoms with E-state index in [9.17, 15) is 10.1 Å². The van der Waals surface area contributed by atoms with Gasteiger partial charge in [0, 0.05) is 6.07 Å². The summed E-state index contributed by atoms with van der Waals surface area (Å²) in [6.45, 7) is 6.35. The minimum atomic E-state index is -0.482. The molecular weight excluding hydrogens is 220 g/mol. The van der Waals surface area contributed by atoms with Crippen molar-refractivity contribution in [2.45, 2.75) is 39.4 Å². The molecule has 5 heteroatoms. The van der Waals surface area contributed by atoms with E-state index >= 15 is 0 Å². The second-order valence-electron chi connectivity index (χ2n) is 4.55. The van der Waals surface area contributed by atoms with E-state index in [4.69, 9.17) is 10.5 Å². The molecule has 0 unspecified atom stereocenters. The van der Waals surface area contributed by atoms with Gasteiger partial charge in [-0.2, -0.15) is 0 Å². The Bertz CT molecular complexity index is 416. The van der Waals surface area contributed by atoms with Crippen LogP contribution >= 0.6 is 0 Å². The largest absolute Gasteiger partial charge is 0.393 e. The van der Waals surface area contributed by atoms with Gasteiger partial charge in [-0.05, 0) is 31.9 Å². The van der Waals surface area contributed by atoms with Crippen molar-refractivity contribution in [3.05, 3.63) is 33.9 Å². The number of nitro groups is 1. The lowest BCUT2D eigenvalue weighted by molar-refractivity contribution is -0.384. The molecule has 0 heterocycles. The van der Waals surface area contributed by atoms with Crippen molar-refractivity contribution < 1.29 is 9.66 Å². The van der Waals surface area contributed by atoms with Crippen molar-refractivity contribution in [2.75, 3.05) is 5.73 Å². The first kappa shape index (κ1) is 13.4. The van der Waals surface area contributed by atoms with Gasteiger partial charge in [0.25, 0.3) is 5.69 Å². The van der Waals surface area contributed by atoms with E-state index in [1.807, 2.05) is 20.8 Å². The van der Waals surface area contributed by atoms with Gasteiger partial charge in [-0.15, -0.1) is 0 Å². The van der Waals surface area contributed by atoms with Crippen LogP contribution in [0.3, 0.4) is 0 Å². The van der Waals surface area contributed by atoms with Gasteiger partial charge >= 0.3 is 0 Å². The Morgan fingerprint density at radius 1 is 1.47 bits per heavy atom. The fourth-order valence-corrected chi connectivity index (χ4v) is 1.22. The lowest BCUT2D eigenvalue weighted by Crippen LogP contribution is -2.22.